The average Bonchev–Trinajstić information content (AvgIpc) is 2.84. The minimum absolute atomic E-state index is 0.634. The molecule has 3 N–H and O–H groups in total. The van der Waals surface area contributed by atoms with Crippen molar-refractivity contribution in [1.29, 1.82) is 0 Å². The summed E-state index contributed by atoms with van der Waals surface area (Å²) in [7, 11) is 3.45. The van der Waals surface area contributed by atoms with Gasteiger partial charge in [-0.05, 0) is 65.0 Å². The fourth-order valence-corrected chi connectivity index (χ4v) is 2.18. The van der Waals surface area contributed by atoms with Crippen LogP contribution in [-0.2, 0) is 0 Å². The second-order valence-corrected chi connectivity index (χ2v) is 6.98. The Bertz CT molecular complexity index is 324. The normalized spacial score (nSPS) is 8.63. The molecule has 0 atom stereocenters. The maximum absolute atomic E-state index is 4.50. The number of benzene rings is 1. The number of nitrogens with two attached hydrogens (primary N) is 1. The third-order valence-electron chi connectivity index (χ3n) is 3.66. The topological polar surface area (TPSA) is 41.3 Å². The van der Waals surface area contributed by atoms with Crippen LogP contribution in [0.2, 0.25) is 0 Å². The van der Waals surface area contributed by atoms with E-state index in [9.17, 15) is 0 Å². The molecule has 1 rings (SSSR count). The van der Waals surface area contributed by atoms with E-state index >= 15 is 0 Å². The third-order valence-corrected chi connectivity index (χ3v) is 4.40. The lowest BCUT2D eigenvalue weighted by atomic mass is 10.2. The van der Waals surface area contributed by atoms with Gasteiger partial charge in [0, 0.05) is 10.9 Å². The van der Waals surface area contributed by atoms with Crippen molar-refractivity contribution >= 4 is 11.8 Å². The van der Waals surface area contributed by atoms with Crippen molar-refractivity contribution in [1.82, 2.24) is 10.2 Å². The summed E-state index contributed by atoms with van der Waals surface area (Å²) in [6.45, 7) is 22.8. The Morgan fingerprint density at radius 1 is 0.867 bits per heavy atom. The first-order valence-electron chi connectivity index (χ1n) is 12.1. The summed E-state index contributed by atoms with van der Waals surface area (Å²) in [5.41, 5.74) is 4.50. The number of thioether (sulfide) groups is 1. The average molecular weight is 446 g/mol. The maximum Gasteiger partial charge on any atom is 0.00691 e. The van der Waals surface area contributed by atoms with Gasteiger partial charge in [-0.15, -0.1) is 11.8 Å². The highest BCUT2D eigenvalue weighted by atomic mass is 32.2. The molecular formula is C26H59N3S. The Kier molecular flexibility index (Phi) is 56.5. The highest BCUT2D eigenvalue weighted by molar-refractivity contribution is 7.98. The highest BCUT2D eigenvalue weighted by Gasteiger charge is 1.98. The lowest BCUT2D eigenvalue weighted by molar-refractivity contribution is 0.279. The lowest BCUT2D eigenvalue weighted by Crippen LogP contribution is -2.25. The molecule has 3 nitrogen and oxygen atoms in total. The van der Waals surface area contributed by atoms with Crippen LogP contribution < -0.4 is 11.1 Å². The quantitative estimate of drug-likeness (QED) is 0.385. The minimum Gasteiger partial charge on any atom is -0.333 e. The molecule has 0 amide bonds. The summed E-state index contributed by atoms with van der Waals surface area (Å²) in [6.07, 6.45) is 7.44. The fraction of sp³-hybridized carbons (Fsp3) is 0.769. The van der Waals surface area contributed by atoms with Crippen molar-refractivity contribution < 1.29 is 0 Å². The predicted molar refractivity (Wildman–Crippen MR) is 147 cm³/mol. The van der Waals surface area contributed by atoms with Crippen molar-refractivity contribution in [3.05, 3.63) is 30.3 Å². The first-order chi connectivity index (χ1) is 14.5. The lowest BCUT2D eigenvalue weighted by Gasteiger charge is -2.19. The van der Waals surface area contributed by atoms with Crippen LogP contribution in [0.3, 0.4) is 0 Å². The molecule has 0 saturated heterocycles. The summed E-state index contributed by atoms with van der Waals surface area (Å²) in [5.74, 6) is 0. The van der Waals surface area contributed by atoms with Crippen LogP contribution in [0.25, 0.3) is 0 Å². The monoisotopic (exact) mass is 445 g/mol. The van der Waals surface area contributed by atoms with Crippen LogP contribution in [0.1, 0.15) is 88.0 Å². The van der Waals surface area contributed by atoms with Gasteiger partial charge in [0.05, 0.1) is 0 Å². The van der Waals surface area contributed by atoms with Gasteiger partial charge >= 0.3 is 0 Å². The number of hydrogen-bond acceptors (Lipinski definition) is 4. The van der Waals surface area contributed by atoms with Gasteiger partial charge in [0.15, 0.2) is 0 Å². The van der Waals surface area contributed by atoms with E-state index in [0.717, 1.165) is 0 Å². The standard InChI is InChI=1S/C10H23N.C7H8S.C4H11N.2C2H6.CH5N/c1-4-7-9-11(6-3)10-8-5-2;1-8-7-5-3-2-4-6-7;1-4(2)5-3;3*1-2/h4-10H2,1-3H3;2-6H,1H3;4-5H,1-3H3;2*1-2H3;2H2,1H3. The zero-order valence-corrected chi connectivity index (χ0v) is 23.7. The third kappa shape index (κ3) is 41.7. The zero-order chi connectivity index (χ0) is 24.6. The molecule has 30 heavy (non-hydrogen) atoms. The van der Waals surface area contributed by atoms with Gasteiger partial charge in [0.2, 0.25) is 0 Å². The van der Waals surface area contributed by atoms with Crippen molar-refractivity contribution in [3.63, 3.8) is 0 Å². The SMILES string of the molecule is CC.CC.CCCCN(CC)CCCC.CN.CNC(C)C.CSc1ccccc1. The van der Waals surface area contributed by atoms with Crippen molar-refractivity contribution in [3.8, 4) is 0 Å². The van der Waals surface area contributed by atoms with Crippen molar-refractivity contribution in [2.75, 3.05) is 40.0 Å². The molecule has 0 aliphatic heterocycles. The Balaban J connectivity index is -0.0000000964. The molecule has 0 aliphatic carbocycles. The van der Waals surface area contributed by atoms with Crippen molar-refractivity contribution in [2.24, 2.45) is 5.73 Å². The molecule has 1 aromatic carbocycles. The van der Waals surface area contributed by atoms with Crippen LogP contribution in [0.5, 0.6) is 0 Å². The summed E-state index contributed by atoms with van der Waals surface area (Å²) in [5, 5.41) is 3.03. The molecular weight excluding hydrogens is 386 g/mol. The van der Waals surface area contributed by atoms with Crippen LogP contribution in [0, 0.1) is 0 Å². The summed E-state index contributed by atoms with van der Waals surface area (Å²) >= 11 is 1.77. The molecule has 0 saturated carbocycles. The zero-order valence-electron chi connectivity index (χ0n) is 22.8. The van der Waals surface area contributed by atoms with E-state index in [4.69, 9.17) is 0 Å². The molecule has 0 radical (unpaired) electrons. The van der Waals surface area contributed by atoms with Crippen LogP contribution in [-0.4, -0.2) is 50.9 Å². The Hall–Kier alpha value is -0.550. The summed E-state index contributed by atoms with van der Waals surface area (Å²) < 4.78 is 0. The van der Waals surface area contributed by atoms with Crippen LogP contribution in [0.15, 0.2) is 35.2 Å². The molecule has 1 aromatic rings. The van der Waals surface area contributed by atoms with E-state index < -0.39 is 0 Å². The number of nitrogens with one attached hydrogen (secondary N) is 1. The van der Waals surface area contributed by atoms with E-state index in [1.807, 2.05) is 52.9 Å². The fourth-order valence-electron chi connectivity index (χ4n) is 1.75. The van der Waals surface area contributed by atoms with Gasteiger partial charge in [-0.2, -0.15) is 0 Å². The molecule has 0 aromatic heterocycles. The van der Waals surface area contributed by atoms with Crippen LogP contribution in [0.4, 0.5) is 0 Å². The predicted octanol–water partition coefficient (Wildman–Crippen LogP) is 7.56. The van der Waals surface area contributed by atoms with E-state index in [0.29, 0.717) is 6.04 Å². The van der Waals surface area contributed by atoms with Gasteiger partial charge in [0.1, 0.15) is 0 Å². The molecule has 0 spiro atoms. The molecule has 0 bridgehead atoms. The van der Waals surface area contributed by atoms with Gasteiger partial charge in [-0.25, -0.2) is 0 Å². The molecule has 184 valence electrons. The molecule has 4 heteroatoms. The summed E-state index contributed by atoms with van der Waals surface area (Å²) in [4.78, 5) is 3.88. The molecule has 0 aliphatic rings. The molecule has 0 unspecified atom stereocenters. The van der Waals surface area contributed by atoms with Crippen molar-refractivity contribution in [2.45, 2.75) is 98.9 Å². The maximum atomic E-state index is 4.50. The molecule has 0 fully saturated rings. The second kappa shape index (κ2) is 42.5. The van der Waals surface area contributed by atoms with Gasteiger partial charge in [0.25, 0.3) is 0 Å². The van der Waals surface area contributed by atoms with Gasteiger partial charge < -0.3 is 16.0 Å². The Morgan fingerprint density at radius 3 is 1.43 bits per heavy atom. The Labute approximate surface area is 197 Å². The van der Waals surface area contributed by atoms with E-state index in [2.05, 4.69) is 69.0 Å². The van der Waals surface area contributed by atoms with E-state index in [1.165, 1.54) is 57.3 Å². The summed E-state index contributed by atoms with van der Waals surface area (Å²) in [6, 6.07) is 11.0. The smallest absolute Gasteiger partial charge is 0.00691 e. The van der Waals surface area contributed by atoms with Crippen LogP contribution >= 0.6 is 11.8 Å². The Morgan fingerprint density at radius 2 is 1.23 bits per heavy atom. The molecule has 0 heterocycles. The number of hydrogen-bond donors (Lipinski definition) is 2. The number of rotatable bonds is 9. The second-order valence-electron chi connectivity index (χ2n) is 6.10. The van der Waals surface area contributed by atoms with Gasteiger partial charge in [-0.3, -0.25) is 0 Å². The minimum atomic E-state index is 0.634. The highest BCUT2D eigenvalue weighted by Crippen LogP contribution is 2.11. The largest absolute Gasteiger partial charge is 0.333 e. The van der Waals surface area contributed by atoms with Gasteiger partial charge in [-0.1, -0.05) is 93.4 Å². The van der Waals surface area contributed by atoms with E-state index in [-0.39, 0.29) is 0 Å². The number of nitrogens with zero attached hydrogens (tertiary/aromatic N) is 1. The first-order valence-corrected chi connectivity index (χ1v) is 13.3. The first kappa shape index (κ1) is 39.9. The number of unbranched alkanes of at least 4 members (excludes halogenated alkanes) is 2. The van der Waals surface area contributed by atoms with E-state index in [1.54, 1.807) is 11.8 Å².